The Bertz CT molecular complexity index is 446. The summed E-state index contributed by atoms with van der Waals surface area (Å²) >= 11 is 0. The molecule has 1 aromatic rings. The van der Waals surface area contributed by atoms with Gasteiger partial charge in [-0.2, -0.15) is 5.26 Å². The molecule has 1 unspecified atom stereocenters. The van der Waals surface area contributed by atoms with Crippen LogP contribution < -0.4 is 5.32 Å². The molecular weight excluding hydrogens is 240 g/mol. The number of carbonyl (C=O) groups excluding carboxylic acids is 1. The molecule has 0 saturated heterocycles. The first-order valence-corrected chi connectivity index (χ1v) is 6.34. The Morgan fingerprint density at radius 2 is 2.00 bits per heavy atom. The molecule has 0 bridgehead atoms. The number of ether oxygens (including phenoxy) is 1. The third-order valence-corrected chi connectivity index (χ3v) is 2.95. The number of nitrogens with one attached hydrogen (secondary N) is 1. The summed E-state index contributed by atoms with van der Waals surface area (Å²) in [6, 6.07) is 9.13. The molecule has 1 N–H and O–H groups in total. The zero-order valence-electron chi connectivity index (χ0n) is 11.6. The van der Waals surface area contributed by atoms with Crippen molar-refractivity contribution in [3.8, 4) is 6.07 Å². The fourth-order valence-electron chi connectivity index (χ4n) is 1.72. The first-order chi connectivity index (χ1) is 9.06. The highest BCUT2D eigenvalue weighted by Crippen LogP contribution is 2.06. The van der Waals surface area contributed by atoms with Crippen molar-refractivity contribution in [2.24, 2.45) is 5.92 Å². The van der Waals surface area contributed by atoms with Crippen LogP contribution in [0.1, 0.15) is 25.0 Å². The SMILES string of the molecule is COCC(NC(=O)Cc1ccc(C#N)cc1)C(C)C. The van der Waals surface area contributed by atoms with E-state index in [1.165, 1.54) is 0 Å². The molecular formula is C15H20N2O2. The van der Waals surface area contributed by atoms with Gasteiger partial charge in [-0.3, -0.25) is 4.79 Å². The minimum absolute atomic E-state index is 0.0240. The van der Waals surface area contributed by atoms with Crippen LogP contribution in [0.3, 0.4) is 0 Å². The molecule has 0 fully saturated rings. The van der Waals surface area contributed by atoms with Crippen molar-refractivity contribution >= 4 is 5.91 Å². The molecule has 19 heavy (non-hydrogen) atoms. The Morgan fingerprint density at radius 3 is 2.47 bits per heavy atom. The number of nitriles is 1. The van der Waals surface area contributed by atoms with Crippen molar-refractivity contribution in [2.75, 3.05) is 13.7 Å². The fourth-order valence-corrected chi connectivity index (χ4v) is 1.72. The molecule has 0 aliphatic heterocycles. The van der Waals surface area contributed by atoms with E-state index in [4.69, 9.17) is 10.00 Å². The maximum Gasteiger partial charge on any atom is 0.224 e. The monoisotopic (exact) mass is 260 g/mol. The predicted octanol–water partition coefficient (Wildman–Crippen LogP) is 1.89. The van der Waals surface area contributed by atoms with Crippen LogP contribution in [-0.4, -0.2) is 25.7 Å². The molecule has 4 nitrogen and oxygen atoms in total. The highest BCUT2D eigenvalue weighted by molar-refractivity contribution is 5.78. The van der Waals surface area contributed by atoms with Crippen LogP contribution in [0.4, 0.5) is 0 Å². The summed E-state index contributed by atoms with van der Waals surface area (Å²) in [5.41, 5.74) is 1.50. The summed E-state index contributed by atoms with van der Waals surface area (Å²) < 4.78 is 5.10. The van der Waals surface area contributed by atoms with Gasteiger partial charge in [-0.1, -0.05) is 26.0 Å². The number of nitrogens with zero attached hydrogens (tertiary/aromatic N) is 1. The van der Waals surface area contributed by atoms with E-state index < -0.39 is 0 Å². The number of hydrogen-bond donors (Lipinski definition) is 1. The lowest BCUT2D eigenvalue weighted by Gasteiger charge is -2.21. The molecule has 102 valence electrons. The summed E-state index contributed by atoms with van der Waals surface area (Å²) in [7, 11) is 1.63. The molecule has 1 atom stereocenters. The number of benzene rings is 1. The largest absolute Gasteiger partial charge is 0.383 e. The van der Waals surface area contributed by atoms with Crippen molar-refractivity contribution < 1.29 is 9.53 Å². The lowest BCUT2D eigenvalue weighted by Crippen LogP contribution is -2.42. The zero-order valence-corrected chi connectivity index (χ0v) is 11.6. The standard InChI is InChI=1S/C15H20N2O2/c1-11(2)14(10-19-3)17-15(18)8-12-4-6-13(9-16)7-5-12/h4-7,11,14H,8,10H2,1-3H3,(H,17,18). The zero-order chi connectivity index (χ0) is 14.3. The molecule has 0 radical (unpaired) electrons. The van der Waals surface area contributed by atoms with Crippen LogP contribution in [0, 0.1) is 17.2 Å². The molecule has 0 saturated carbocycles. The van der Waals surface area contributed by atoms with Gasteiger partial charge in [0.15, 0.2) is 0 Å². The van der Waals surface area contributed by atoms with E-state index in [2.05, 4.69) is 11.4 Å². The van der Waals surface area contributed by atoms with Crippen molar-refractivity contribution in [3.63, 3.8) is 0 Å². The van der Waals surface area contributed by atoms with Crippen molar-refractivity contribution in [3.05, 3.63) is 35.4 Å². The number of methoxy groups -OCH3 is 1. The smallest absolute Gasteiger partial charge is 0.224 e. The molecule has 1 amide bonds. The van der Waals surface area contributed by atoms with E-state index in [9.17, 15) is 4.79 Å². The lowest BCUT2D eigenvalue weighted by molar-refractivity contribution is -0.121. The van der Waals surface area contributed by atoms with Crippen LogP contribution >= 0.6 is 0 Å². The molecule has 1 aromatic carbocycles. The van der Waals surface area contributed by atoms with E-state index in [1.54, 1.807) is 31.4 Å². The topological polar surface area (TPSA) is 62.1 Å². The lowest BCUT2D eigenvalue weighted by atomic mass is 10.0. The van der Waals surface area contributed by atoms with E-state index >= 15 is 0 Å². The van der Waals surface area contributed by atoms with E-state index in [0.29, 0.717) is 24.5 Å². The quantitative estimate of drug-likeness (QED) is 0.849. The Morgan fingerprint density at radius 1 is 1.37 bits per heavy atom. The normalized spacial score (nSPS) is 11.9. The second-order valence-electron chi connectivity index (χ2n) is 4.86. The molecule has 0 aliphatic carbocycles. The first kappa shape index (κ1) is 15.2. The van der Waals surface area contributed by atoms with Gasteiger partial charge in [-0.15, -0.1) is 0 Å². The number of carbonyl (C=O) groups is 1. The summed E-state index contributed by atoms with van der Waals surface area (Å²) in [6.45, 7) is 4.61. The van der Waals surface area contributed by atoms with Crippen molar-refractivity contribution in [1.82, 2.24) is 5.32 Å². The number of amides is 1. The predicted molar refractivity (Wildman–Crippen MR) is 73.5 cm³/mol. The van der Waals surface area contributed by atoms with Gasteiger partial charge in [0.1, 0.15) is 0 Å². The number of hydrogen-bond acceptors (Lipinski definition) is 3. The van der Waals surface area contributed by atoms with Gasteiger partial charge in [0.25, 0.3) is 0 Å². The highest BCUT2D eigenvalue weighted by Gasteiger charge is 2.15. The average Bonchev–Trinajstić information content (AvgIpc) is 2.39. The average molecular weight is 260 g/mol. The Kier molecular flexibility index (Phi) is 6.04. The number of rotatable bonds is 6. The van der Waals surface area contributed by atoms with Gasteiger partial charge in [-0.25, -0.2) is 0 Å². The van der Waals surface area contributed by atoms with Gasteiger partial charge in [-0.05, 0) is 23.6 Å². The fraction of sp³-hybridized carbons (Fsp3) is 0.467. The summed E-state index contributed by atoms with van der Waals surface area (Å²) in [6.07, 6.45) is 0.318. The highest BCUT2D eigenvalue weighted by atomic mass is 16.5. The van der Waals surface area contributed by atoms with E-state index in [1.807, 2.05) is 13.8 Å². The van der Waals surface area contributed by atoms with Crippen molar-refractivity contribution in [2.45, 2.75) is 26.3 Å². The summed E-state index contributed by atoms with van der Waals surface area (Å²) in [4.78, 5) is 11.9. The molecule has 0 aromatic heterocycles. The van der Waals surface area contributed by atoms with Gasteiger partial charge < -0.3 is 10.1 Å². The van der Waals surface area contributed by atoms with Gasteiger partial charge in [0.2, 0.25) is 5.91 Å². The third kappa shape index (κ3) is 5.11. The van der Waals surface area contributed by atoms with Crippen molar-refractivity contribution in [1.29, 1.82) is 5.26 Å². The van der Waals surface area contributed by atoms with Crippen LogP contribution in [0.15, 0.2) is 24.3 Å². The van der Waals surface area contributed by atoms with E-state index in [0.717, 1.165) is 5.56 Å². The summed E-state index contributed by atoms with van der Waals surface area (Å²) in [5, 5.41) is 11.7. The Labute approximate surface area is 114 Å². The Hall–Kier alpha value is -1.86. The molecule has 4 heteroatoms. The van der Waals surface area contributed by atoms with Gasteiger partial charge >= 0.3 is 0 Å². The van der Waals surface area contributed by atoms with Crippen LogP contribution in [-0.2, 0) is 16.0 Å². The molecule has 0 aliphatic rings. The van der Waals surface area contributed by atoms with Gasteiger partial charge in [0.05, 0.1) is 30.7 Å². The Balaban J connectivity index is 2.56. The minimum Gasteiger partial charge on any atom is -0.383 e. The summed E-state index contributed by atoms with van der Waals surface area (Å²) in [5.74, 6) is 0.297. The maximum atomic E-state index is 11.9. The molecule has 0 spiro atoms. The first-order valence-electron chi connectivity index (χ1n) is 6.34. The van der Waals surface area contributed by atoms with E-state index in [-0.39, 0.29) is 11.9 Å². The second kappa shape index (κ2) is 7.55. The minimum atomic E-state index is -0.0274. The molecule has 1 rings (SSSR count). The van der Waals surface area contributed by atoms with Crippen LogP contribution in [0.5, 0.6) is 0 Å². The van der Waals surface area contributed by atoms with Crippen LogP contribution in [0.25, 0.3) is 0 Å². The third-order valence-electron chi connectivity index (χ3n) is 2.95. The van der Waals surface area contributed by atoms with Gasteiger partial charge in [0, 0.05) is 7.11 Å². The van der Waals surface area contributed by atoms with Crippen LogP contribution in [0.2, 0.25) is 0 Å². The molecule has 0 heterocycles. The second-order valence-corrected chi connectivity index (χ2v) is 4.86. The maximum absolute atomic E-state index is 11.9.